The van der Waals surface area contributed by atoms with Crippen molar-refractivity contribution in [3.05, 3.63) is 36.2 Å². The van der Waals surface area contributed by atoms with Crippen LogP contribution in [0.2, 0.25) is 0 Å². The predicted molar refractivity (Wildman–Crippen MR) is 78.1 cm³/mol. The van der Waals surface area contributed by atoms with Crippen LogP contribution in [0.1, 0.15) is 30.6 Å². The molecule has 0 aliphatic rings. The topological polar surface area (TPSA) is 105 Å². The van der Waals surface area contributed by atoms with Crippen LogP contribution in [0.25, 0.3) is 11.4 Å². The third-order valence-electron chi connectivity index (χ3n) is 3.08. The maximum Gasteiger partial charge on any atom is 0.326 e. The van der Waals surface area contributed by atoms with Gasteiger partial charge < -0.3 is 14.9 Å². The van der Waals surface area contributed by atoms with Gasteiger partial charge in [0.1, 0.15) is 6.04 Å². The van der Waals surface area contributed by atoms with Crippen molar-refractivity contribution in [2.45, 2.75) is 26.3 Å². The summed E-state index contributed by atoms with van der Waals surface area (Å²) in [7, 11) is 0. The number of carbonyl (C=O) groups is 2. The third-order valence-corrected chi connectivity index (χ3v) is 3.08. The summed E-state index contributed by atoms with van der Waals surface area (Å²) in [4.78, 5) is 27.2. The molecule has 0 saturated heterocycles. The smallest absolute Gasteiger partial charge is 0.326 e. The highest BCUT2D eigenvalue weighted by Gasteiger charge is 2.21. The summed E-state index contributed by atoms with van der Waals surface area (Å²) >= 11 is 0. The van der Waals surface area contributed by atoms with E-state index in [0.29, 0.717) is 23.4 Å². The van der Waals surface area contributed by atoms with E-state index in [1.165, 1.54) is 6.39 Å². The second-order valence-corrected chi connectivity index (χ2v) is 5.33. The Kier molecular flexibility index (Phi) is 4.88. The molecule has 0 radical (unpaired) electrons. The fourth-order valence-electron chi connectivity index (χ4n) is 2.00. The average molecular weight is 303 g/mol. The summed E-state index contributed by atoms with van der Waals surface area (Å²) in [6.07, 6.45) is 1.60. The first kappa shape index (κ1) is 15.7. The zero-order chi connectivity index (χ0) is 16.1. The molecule has 2 rings (SSSR count). The lowest BCUT2D eigenvalue weighted by Gasteiger charge is -2.16. The van der Waals surface area contributed by atoms with E-state index in [9.17, 15) is 9.59 Å². The van der Waals surface area contributed by atoms with Crippen LogP contribution in [0.15, 0.2) is 35.2 Å². The van der Waals surface area contributed by atoms with E-state index in [-0.39, 0.29) is 5.92 Å². The molecule has 0 fully saturated rings. The number of carboxylic acids is 1. The first-order valence-electron chi connectivity index (χ1n) is 6.88. The Labute approximate surface area is 127 Å². The largest absolute Gasteiger partial charge is 0.480 e. The van der Waals surface area contributed by atoms with E-state index in [1.807, 2.05) is 13.8 Å². The van der Waals surface area contributed by atoms with Gasteiger partial charge in [-0.05, 0) is 24.5 Å². The van der Waals surface area contributed by atoms with Gasteiger partial charge in [0, 0.05) is 11.1 Å². The molecule has 0 spiro atoms. The molecule has 1 aromatic heterocycles. The van der Waals surface area contributed by atoms with Crippen molar-refractivity contribution in [2.75, 3.05) is 0 Å². The summed E-state index contributed by atoms with van der Waals surface area (Å²) in [5.41, 5.74) is 1.09. The fourth-order valence-corrected chi connectivity index (χ4v) is 2.00. The number of hydrogen-bond acceptors (Lipinski definition) is 5. The minimum atomic E-state index is -1.04. The molecule has 2 aromatic rings. The molecule has 1 amide bonds. The Hall–Kier alpha value is -2.70. The molecule has 0 saturated carbocycles. The molecule has 0 aliphatic heterocycles. The molecule has 7 heteroatoms. The second-order valence-electron chi connectivity index (χ2n) is 5.33. The fraction of sp³-hybridized carbons (Fsp3) is 0.333. The van der Waals surface area contributed by atoms with Gasteiger partial charge in [0.2, 0.25) is 12.2 Å². The zero-order valence-corrected chi connectivity index (χ0v) is 12.3. The number of aromatic nitrogens is 2. The standard InChI is InChI=1S/C15H17N3O4/c1-9(2)7-12(15(20)21)17-14(19)11-5-3-10(4-6-11)13-16-8-22-18-13/h3-6,8-9,12H,7H2,1-2H3,(H,17,19)(H,20,21)/t12-/m1/s1. The summed E-state index contributed by atoms with van der Waals surface area (Å²) in [5.74, 6) is -0.865. The number of carbonyl (C=O) groups excluding carboxylic acids is 1. The Morgan fingerprint density at radius 2 is 1.95 bits per heavy atom. The van der Waals surface area contributed by atoms with E-state index < -0.39 is 17.9 Å². The van der Waals surface area contributed by atoms with E-state index >= 15 is 0 Å². The molecule has 0 bridgehead atoms. The van der Waals surface area contributed by atoms with Crippen LogP contribution in [0.5, 0.6) is 0 Å². The van der Waals surface area contributed by atoms with Gasteiger partial charge in [-0.15, -0.1) is 0 Å². The van der Waals surface area contributed by atoms with E-state index in [4.69, 9.17) is 5.11 Å². The van der Waals surface area contributed by atoms with Crippen molar-refractivity contribution in [1.29, 1.82) is 0 Å². The van der Waals surface area contributed by atoms with Crippen LogP contribution in [0.4, 0.5) is 0 Å². The molecule has 2 N–H and O–H groups in total. The van der Waals surface area contributed by atoms with Crippen LogP contribution in [-0.4, -0.2) is 33.2 Å². The first-order valence-corrected chi connectivity index (χ1v) is 6.88. The highest BCUT2D eigenvalue weighted by atomic mass is 16.5. The van der Waals surface area contributed by atoms with Crippen molar-refractivity contribution < 1.29 is 19.2 Å². The number of nitrogens with zero attached hydrogens (tertiary/aromatic N) is 2. The Balaban J connectivity index is 2.07. The molecule has 7 nitrogen and oxygen atoms in total. The van der Waals surface area contributed by atoms with E-state index in [2.05, 4.69) is 20.0 Å². The van der Waals surface area contributed by atoms with Gasteiger partial charge in [0.05, 0.1) is 0 Å². The number of aliphatic carboxylic acids is 1. The molecule has 0 unspecified atom stereocenters. The van der Waals surface area contributed by atoms with E-state index in [1.54, 1.807) is 24.3 Å². The number of nitrogens with one attached hydrogen (secondary N) is 1. The molecule has 22 heavy (non-hydrogen) atoms. The summed E-state index contributed by atoms with van der Waals surface area (Å²) in [6.45, 7) is 3.81. The van der Waals surface area contributed by atoms with Crippen molar-refractivity contribution in [2.24, 2.45) is 5.92 Å². The lowest BCUT2D eigenvalue weighted by Crippen LogP contribution is -2.41. The number of carboxylic acid groups (broad SMARTS) is 1. The average Bonchev–Trinajstić information content (AvgIpc) is 3.00. The molecule has 1 heterocycles. The molecular weight excluding hydrogens is 286 g/mol. The van der Waals surface area contributed by atoms with Gasteiger partial charge in [-0.25, -0.2) is 4.79 Å². The van der Waals surface area contributed by atoms with Gasteiger partial charge >= 0.3 is 5.97 Å². The maximum absolute atomic E-state index is 12.1. The van der Waals surface area contributed by atoms with Crippen molar-refractivity contribution >= 4 is 11.9 Å². The van der Waals surface area contributed by atoms with Gasteiger partial charge in [-0.3, -0.25) is 4.79 Å². The quantitative estimate of drug-likeness (QED) is 0.845. The Bertz CT molecular complexity index is 635. The third kappa shape index (κ3) is 3.91. The van der Waals surface area contributed by atoms with Crippen LogP contribution < -0.4 is 5.32 Å². The number of benzene rings is 1. The monoisotopic (exact) mass is 303 g/mol. The normalized spacial score (nSPS) is 12.1. The minimum absolute atomic E-state index is 0.169. The molecule has 1 aromatic carbocycles. The summed E-state index contributed by atoms with van der Waals surface area (Å²) < 4.78 is 4.66. The Morgan fingerprint density at radius 1 is 1.27 bits per heavy atom. The number of hydrogen-bond donors (Lipinski definition) is 2. The number of rotatable bonds is 6. The van der Waals surface area contributed by atoms with Crippen molar-refractivity contribution in [3.63, 3.8) is 0 Å². The van der Waals surface area contributed by atoms with E-state index in [0.717, 1.165) is 0 Å². The molecular formula is C15H17N3O4. The minimum Gasteiger partial charge on any atom is -0.480 e. The van der Waals surface area contributed by atoms with Crippen LogP contribution in [0.3, 0.4) is 0 Å². The van der Waals surface area contributed by atoms with Gasteiger partial charge in [-0.2, -0.15) is 4.98 Å². The molecule has 1 atom stereocenters. The molecule has 0 aliphatic carbocycles. The highest BCUT2D eigenvalue weighted by molar-refractivity contribution is 5.96. The summed E-state index contributed by atoms with van der Waals surface area (Å²) in [5, 5.41) is 15.4. The Morgan fingerprint density at radius 3 is 2.45 bits per heavy atom. The predicted octanol–water partition coefficient (Wildman–Crippen LogP) is 1.97. The summed E-state index contributed by atoms with van der Waals surface area (Å²) in [6, 6.07) is 5.64. The van der Waals surface area contributed by atoms with Crippen molar-refractivity contribution in [1.82, 2.24) is 15.5 Å². The lowest BCUT2D eigenvalue weighted by atomic mass is 10.0. The van der Waals surface area contributed by atoms with Crippen LogP contribution in [-0.2, 0) is 4.79 Å². The van der Waals surface area contributed by atoms with Gasteiger partial charge in [0.15, 0.2) is 0 Å². The molecule has 116 valence electrons. The maximum atomic E-state index is 12.1. The van der Waals surface area contributed by atoms with Crippen LogP contribution in [0, 0.1) is 5.92 Å². The second kappa shape index (κ2) is 6.84. The highest BCUT2D eigenvalue weighted by Crippen LogP contribution is 2.15. The van der Waals surface area contributed by atoms with Crippen molar-refractivity contribution in [3.8, 4) is 11.4 Å². The zero-order valence-electron chi connectivity index (χ0n) is 12.3. The first-order chi connectivity index (χ1) is 10.5. The lowest BCUT2D eigenvalue weighted by molar-refractivity contribution is -0.139. The van der Waals surface area contributed by atoms with Gasteiger partial charge in [-0.1, -0.05) is 31.1 Å². The van der Waals surface area contributed by atoms with Gasteiger partial charge in [0.25, 0.3) is 5.91 Å². The van der Waals surface area contributed by atoms with Crippen LogP contribution >= 0.6 is 0 Å². The SMILES string of the molecule is CC(C)C[C@@H](NC(=O)c1ccc(-c2ncon2)cc1)C(=O)O. The number of amides is 1.